The molecule has 0 aliphatic heterocycles. The van der Waals surface area contributed by atoms with Gasteiger partial charge in [-0.25, -0.2) is 0 Å². The van der Waals surface area contributed by atoms with Crippen LogP contribution in [0.2, 0.25) is 0 Å². The third-order valence-electron chi connectivity index (χ3n) is 12.4. The molecule has 66 heavy (non-hydrogen) atoms. The molecule has 10 aromatic rings. The van der Waals surface area contributed by atoms with Crippen molar-refractivity contribution in [3.63, 3.8) is 0 Å². The van der Waals surface area contributed by atoms with E-state index in [1.165, 1.54) is 33.4 Å². The summed E-state index contributed by atoms with van der Waals surface area (Å²) in [5, 5.41) is 0. The topological polar surface area (TPSA) is 38.7 Å². The molecular formula is C60H42Br3N3. The van der Waals surface area contributed by atoms with E-state index >= 15 is 0 Å². The maximum Gasteiger partial charge on any atom is 0.0702 e. The van der Waals surface area contributed by atoms with E-state index < -0.39 is 0 Å². The molecule has 0 aliphatic rings. The van der Waals surface area contributed by atoms with Gasteiger partial charge in [0.25, 0.3) is 0 Å². The number of halogens is 3. The zero-order chi connectivity index (χ0) is 45.3. The highest BCUT2D eigenvalue weighted by atomic mass is 79.9. The van der Waals surface area contributed by atoms with Crippen molar-refractivity contribution in [3.8, 4) is 101 Å². The molecule has 0 radical (unpaired) electrons. The summed E-state index contributed by atoms with van der Waals surface area (Å²) >= 11 is 10.9. The summed E-state index contributed by atoms with van der Waals surface area (Å²) in [6.07, 6.45) is 6.03. The predicted molar refractivity (Wildman–Crippen MR) is 286 cm³/mol. The van der Waals surface area contributed by atoms with Crippen molar-refractivity contribution in [2.45, 2.75) is 20.8 Å². The molecule has 0 N–H and O–H groups in total. The molecule has 7 aromatic carbocycles. The van der Waals surface area contributed by atoms with Gasteiger partial charge in [0.1, 0.15) is 0 Å². The SMILES string of the molecule is Cc1c(-c2ccccc2-c2ccc(-c3cccc(Br)c3)nc2)c(C)c(-c2ccccc2-c2ccc(-c3cccc(Br)c3)nc2)c(C)c1-c1ccccc1-c1ccc(-c2cccc(Br)c2)nc1. The monoisotopic (exact) mass is 1040 g/mol. The first-order valence-corrected chi connectivity index (χ1v) is 24.2. The molecule has 318 valence electrons. The van der Waals surface area contributed by atoms with Gasteiger partial charge in [0, 0.05) is 65.4 Å². The molecule has 0 atom stereocenters. The van der Waals surface area contributed by atoms with Gasteiger partial charge in [0.15, 0.2) is 0 Å². The van der Waals surface area contributed by atoms with Crippen LogP contribution in [0.1, 0.15) is 16.7 Å². The highest BCUT2D eigenvalue weighted by molar-refractivity contribution is 9.11. The fourth-order valence-corrected chi connectivity index (χ4v) is 10.6. The molecule has 0 unspecified atom stereocenters. The smallest absolute Gasteiger partial charge is 0.0702 e. The summed E-state index contributed by atoms with van der Waals surface area (Å²) < 4.78 is 3.08. The number of pyridine rings is 3. The Kier molecular flexibility index (Phi) is 12.3. The van der Waals surface area contributed by atoms with Crippen LogP contribution in [0.25, 0.3) is 101 Å². The van der Waals surface area contributed by atoms with Crippen molar-refractivity contribution < 1.29 is 0 Å². The average molecular weight is 1040 g/mol. The molecule has 3 nitrogen and oxygen atoms in total. The van der Waals surface area contributed by atoms with Crippen LogP contribution in [0, 0.1) is 20.8 Å². The Balaban J connectivity index is 1.18. The molecule has 0 bridgehead atoms. The van der Waals surface area contributed by atoms with Gasteiger partial charge < -0.3 is 0 Å². The lowest BCUT2D eigenvalue weighted by Gasteiger charge is -2.26. The van der Waals surface area contributed by atoms with E-state index in [1.807, 2.05) is 55.0 Å². The minimum Gasteiger partial charge on any atom is -0.256 e. The van der Waals surface area contributed by atoms with Crippen molar-refractivity contribution in [2.24, 2.45) is 0 Å². The maximum absolute atomic E-state index is 5.00. The lowest BCUT2D eigenvalue weighted by atomic mass is 9.77. The summed E-state index contributed by atoms with van der Waals surface area (Å²) in [5.41, 5.74) is 23.2. The molecule has 0 aliphatic carbocycles. The zero-order valence-electron chi connectivity index (χ0n) is 36.5. The van der Waals surface area contributed by atoms with Crippen LogP contribution in [-0.2, 0) is 0 Å². The number of hydrogen-bond acceptors (Lipinski definition) is 3. The number of nitrogens with zero attached hydrogens (tertiary/aromatic N) is 3. The Bertz CT molecular complexity index is 3030. The van der Waals surface area contributed by atoms with E-state index in [4.69, 9.17) is 15.0 Å². The van der Waals surface area contributed by atoms with Crippen LogP contribution in [0.5, 0.6) is 0 Å². The number of aromatic nitrogens is 3. The second-order valence-corrected chi connectivity index (χ2v) is 19.2. The van der Waals surface area contributed by atoms with Crippen molar-refractivity contribution in [3.05, 3.63) is 231 Å². The van der Waals surface area contributed by atoms with E-state index in [-0.39, 0.29) is 0 Å². The van der Waals surface area contributed by atoms with Crippen molar-refractivity contribution in [1.82, 2.24) is 15.0 Å². The zero-order valence-corrected chi connectivity index (χ0v) is 41.3. The fraction of sp³-hybridized carbons (Fsp3) is 0.0500. The molecule has 3 aromatic heterocycles. The third kappa shape index (κ3) is 8.53. The summed E-state index contributed by atoms with van der Waals surface area (Å²) in [6.45, 7) is 6.88. The number of benzene rings is 7. The number of rotatable bonds is 9. The van der Waals surface area contributed by atoms with E-state index in [9.17, 15) is 0 Å². The van der Waals surface area contributed by atoms with Gasteiger partial charge in [-0.05, 0) is 142 Å². The molecule has 3 heterocycles. The molecule has 6 heteroatoms. The summed E-state index contributed by atoms with van der Waals surface area (Å²) in [4.78, 5) is 15.0. The minimum absolute atomic E-state index is 0.927. The second-order valence-electron chi connectivity index (χ2n) is 16.5. The Morgan fingerprint density at radius 1 is 0.273 bits per heavy atom. The lowest BCUT2D eigenvalue weighted by Crippen LogP contribution is -2.03. The second kappa shape index (κ2) is 18.7. The van der Waals surface area contributed by atoms with Gasteiger partial charge in [-0.3, -0.25) is 15.0 Å². The van der Waals surface area contributed by atoms with Crippen molar-refractivity contribution >= 4 is 47.8 Å². The molecule has 0 spiro atoms. The largest absolute Gasteiger partial charge is 0.256 e. The first kappa shape index (κ1) is 43.3. The first-order valence-electron chi connectivity index (χ1n) is 21.8. The van der Waals surface area contributed by atoms with Crippen molar-refractivity contribution in [2.75, 3.05) is 0 Å². The highest BCUT2D eigenvalue weighted by Crippen LogP contribution is 2.49. The predicted octanol–water partition coefficient (Wildman–Crippen LogP) is 18.1. The normalized spacial score (nSPS) is 11.2. The molecule has 0 saturated heterocycles. The Labute approximate surface area is 411 Å². The van der Waals surface area contributed by atoms with Crippen LogP contribution in [0.4, 0.5) is 0 Å². The molecule has 0 fully saturated rings. The van der Waals surface area contributed by atoms with Gasteiger partial charge in [-0.1, -0.05) is 175 Å². The van der Waals surface area contributed by atoms with Crippen LogP contribution in [0.3, 0.4) is 0 Å². The van der Waals surface area contributed by atoms with E-state index in [1.54, 1.807) is 0 Å². The molecular weight excluding hydrogens is 1000 g/mol. The van der Waals surface area contributed by atoms with Crippen molar-refractivity contribution in [1.29, 1.82) is 0 Å². The lowest BCUT2D eigenvalue weighted by molar-refractivity contribution is 1.30. The summed E-state index contributed by atoms with van der Waals surface area (Å²) in [6, 6.07) is 64.1. The van der Waals surface area contributed by atoms with E-state index in [2.05, 4.69) is 214 Å². The van der Waals surface area contributed by atoms with Gasteiger partial charge in [0.2, 0.25) is 0 Å². The first-order chi connectivity index (χ1) is 32.2. The third-order valence-corrected chi connectivity index (χ3v) is 13.9. The van der Waals surface area contributed by atoms with Crippen LogP contribution >= 0.6 is 47.8 Å². The standard InChI is InChI=1S/C60H42Br3N3/c1-37-58(52-22-7-4-19-49(52)43-25-28-55(64-34-43)40-13-10-16-46(61)31-40)38(2)60(54-24-9-6-21-51(54)45-27-30-57(66-36-45)42-15-12-18-48(63)33-42)39(3)59(37)53-23-8-5-20-50(53)44-26-29-56(65-35-44)41-14-11-17-47(62)32-41/h4-36H,1-3H3. The molecule has 0 amide bonds. The quantitative estimate of drug-likeness (QED) is 0.145. The van der Waals surface area contributed by atoms with Crippen LogP contribution < -0.4 is 0 Å². The summed E-state index contributed by atoms with van der Waals surface area (Å²) in [7, 11) is 0. The minimum atomic E-state index is 0.927. The molecule has 0 saturated carbocycles. The Morgan fingerprint density at radius 2 is 0.545 bits per heavy atom. The van der Waals surface area contributed by atoms with Gasteiger partial charge >= 0.3 is 0 Å². The maximum atomic E-state index is 5.00. The van der Waals surface area contributed by atoms with Crippen LogP contribution in [0.15, 0.2) is 214 Å². The Morgan fingerprint density at radius 3 is 0.788 bits per heavy atom. The van der Waals surface area contributed by atoms with Gasteiger partial charge in [0.05, 0.1) is 17.1 Å². The summed E-state index contributed by atoms with van der Waals surface area (Å²) in [5.74, 6) is 0. The molecule has 10 rings (SSSR count). The highest BCUT2D eigenvalue weighted by Gasteiger charge is 2.25. The van der Waals surface area contributed by atoms with E-state index in [0.717, 1.165) is 97.3 Å². The Hall–Kier alpha value is -6.57. The fourth-order valence-electron chi connectivity index (χ4n) is 9.40. The van der Waals surface area contributed by atoms with E-state index in [0.29, 0.717) is 0 Å². The van der Waals surface area contributed by atoms with Gasteiger partial charge in [-0.15, -0.1) is 0 Å². The van der Waals surface area contributed by atoms with Gasteiger partial charge in [-0.2, -0.15) is 0 Å². The van der Waals surface area contributed by atoms with Crippen LogP contribution in [-0.4, -0.2) is 15.0 Å². The number of hydrogen-bond donors (Lipinski definition) is 0. The average Bonchev–Trinajstić information content (AvgIpc) is 3.35.